The van der Waals surface area contributed by atoms with Gasteiger partial charge < -0.3 is 10.1 Å². The van der Waals surface area contributed by atoms with E-state index in [4.69, 9.17) is 4.74 Å². The molecule has 2 aromatic rings. The van der Waals surface area contributed by atoms with Crippen molar-refractivity contribution in [1.29, 1.82) is 0 Å². The van der Waals surface area contributed by atoms with Gasteiger partial charge in [-0.05, 0) is 40.7 Å². The van der Waals surface area contributed by atoms with E-state index in [1.54, 1.807) is 10.7 Å². The van der Waals surface area contributed by atoms with Gasteiger partial charge in [-0.3, -0.25) is 9.69 Å². The zero-order valence-electron chi connectivity index (χ0n) is 15.6. The highest BCUT2D eigenvalue weighted by molar-refractivity contribution is 5.99. The minimum Gasteiger partial charge on any atom is -0.373 e. The Morgan fingerprint density at radius 2 is 2.04 bits per heavy atom. The first-order chi connectivity index (χ1) is 11.8. The van der Waals surface area contributed by atoms with Gasteiger partial charge in [0.15, 0.2) is 5.65 Å². The summed E-state index contributed by atoms with van der Waals surface area (Å²) < 4.78 is 7.48. The highest BCUT2D eigenvalue weighted by Crippen LogP contribution is 2.14. The molecule has 3 rings (SSSR count). The van der Waals surface area contributed by atoms with Gasteiger partial charge in [0.2, 0.25) is 0 Å². The molecule has 0 spiro atoms. The van der Waals surface area contributed by atoms with Crippen LogP contribution in [0.15, 0.2) is 12.3 Å². The van der Waals surface area contributed by atoms with E-state index in [2.05, 4.69) is 41.1 Å². The van der Waals surface area contributed by atoms with E-state index in [9.17, 15) is 4.79 Å². The summed E-state index contributed by atoms with van der Waals surface area (Å²) in [5.41, 5.74) is 2.97. The lowest BCUT2D eigenvalue weighted by Gasteiger charge is -2.38. The Kier molecular flexibility index (Phi) is 5.06. The van der Waals surface area contributed by atoms with Crippen molar-refractivity contribution in [2.75, 3.05) is 19.6 Å². The predicted molar refractivity (Wildman–Crippen MR) is 95.8 cm³/mol. The molecule has 7 heteroatoms. The van der Waals surface area contributed by atoms with Crippen LogP contribution in [-0.2, 0) is 4.74 Å². The summed E-state index contributed by atoms with van der Waals surface area (Å²) in [5, 5.41) is 7.31. The second-order valence-electron chi connectivity index (χ2n) is 7.10. The Hall–Kier alpha value is -1.99. The van der Waals surface area contributed by atoms with Gasteiger partial charge in [-0.1, -0.05) is 0 Å². The van der Waals surface area contributed by atoms with Crippen LogP contribution in [0.25, 0.3) is 5.65 Å². The molecule has 1 aliphatic heterocycles. The van der Waals surface area contributed by atoms with Crippen molar-refractivity contribution in [3.05, 3.63) is 29.2 Å². The molecule has 0 radical (unpaired) electrons. The standard InChI is InChI=1S/C18H27N5O2/c1-11-6-12(2)23-17(21-11)16(8-20-23)18(24)19-7-13(3)22-9-14(4)25-15(5)10-22/h6,8,13-15H,7,9-10H2,1-5H3,(H,19,24). The number of nitrogens with one attached hydrogen (secondary N) is 1. The highest BCUT2D eigenvalue weighted by atomic mass is 16.5. The molecule has 1 N–H and O–H groups in total. The predicted octanol–water partition coefficient (Wildman–Crippen LogP) is 1.57. The minimum absolute atomic E-state index is 0.131. The third-order valence-electron chi connectivity index (χ3n) is 4.65. The molecular formula is C18H27N5O2. The number of aryl methyl sites for hydroxylation is 2. The maximum Gasteiger partial charge on any atom is 0.256 e. The fourth-order valence-electron chi connectivity index (χ4n) is 3.47. The Balaban J connectivity index is 1.67. The number of rotatable bonds is 4. The molecule has 1 amide bonds. The molecule has 7 nitrogen and oxygen atoms in total. The van der Waals surface area contributed by atoms with Crippen molar-refractivity contribution in [2.24, 2.45) is 0 Å². The van der Waals surface area contributed by atoms with Gasteiger partial charge in [-0.15, -0.1) is 0 Å². The Morgan fingerprint density at radius 1 is 1.36 bits per heavy atom. The fourth-order valence-corrected chi connectivity index (χ4v) is 3.47. The normalized spacial score (nSPS) is 22.9. The first-order valence-electron chi connectivity index (χ1n) is 8.85. The molecule has 0 aliphatic carbocycles. The lowest BCUT2D eigenvalue weighted by molar-refractivity contribution is -0.0778. The number of nitrogens with zero attached hydrogens (tertiary/aromatic N) is 4. The van der Waals surface area contributed by atoms with Gasteiger partial charge in [-0.2, -0.15) is 5.10 Å². The van der Waals surface area contributed by atoms with Gasteiger partial charge in [0.25, 0.3) is 5.91 Å². The van der Waals surface area contributed by atoms with Crippen molar-refractivity contribution < 1.29 is 9.53 Å². The van der Waals surface area contributed by atoms with Crippen LogP contribution in [0.4, 0.5) is 0 Å². The number of carbonyl (C=O) groups is 1. The van der Waals surface area contributed by atoms with E-state index < -0.39 is 0 Å². The first kappa shape index (κ1) is 17.8. The van der Waals surface area contributed by atoms with Crippen molar-refractivity contribution in [2.45, 2.75) is 52.9 Å². The number of hydrogen-bond donors (Lipinski definition) is 1. The van der Waals surface area contributed by atoms with Crippen molar-refractivity contribution in [3.63, 3.8) is 0 Å². The maximum absolute atomic E-state index is 12.6. The number of aromatic nitrogens is 3. The monoisotopic (exact) mass is 345 g/mol. The van der Waals surface area contributed by atoms with Crippen molar-refractivity contribution >= 4 is 11.6 Å². The van der Waals surface area contributed by atoms with E-state index in [1.807, 2.05) is 19.9 Å². The zero-order valence-corrected chi connectivity index (χ0v) is 15.6. The molecule has 1 fully saturated rings. The second kappa shape index (κ2) is 7.09. The molecule has 3 unspecified atom stereocenters. The van der Waals surface area contributed by atoms with E-state index in [-0.39, 0.29) is 24.2 Å². The SMILES string of the molecule is Cc1cc(C)n2ncc(C(=O)NCC(C)N3CC(C)OC(C)C3)c2n1. The van der Waals surface area contributed by atoms with E-state index in [1.165, 1.54) is 0 Å². The molecule has 0 bridgehead atoms. The number of hydrogen-bond acceptors (Lipinski definition) is 5. The molecule has 0 saturated carbocycles. The Bertz CT molecular complexity index is 762. The third kappa shape index (κ3) is 3.82. The topological polar surface area (TPSA) is 71.8 Å². The molecule has 2 aromatic heterocycles. The van der Waals surface area contributed by atoms with Crippen molar-refractivity contribution in [3.8, 4) is 0 Å². The van der Waals surface area contributed by atoms with Crippen LogP contribution in [0.1, 0.15) is 42.5 Å². The van der Waals surface area contributed by atoms with Crippen LogP contribution in [0.3, 0.4) is 0 Å². The summed E-state index contributed by atoms with van der Waals surface area (Å²) in [6.07, 6.45) is 2.03. The molecule has 1 aliphatic rings. The fraction of sp³-hybridized carbons (Fsp3) is 0.611. The van der Waals surface area contributed by atoms with Crippen LogP contribution in [0.2, 0.25) is 0 Å². The summed E-state index contributed by atoms with van der Waals surface area (Å²) in [5.74, 6) is -0.131. The number of morpholine rings is 1. The molecule has 0 aromatic carbocycles. The Labute approximate surface area is 148 Å². The summed E-state index contributed by atoms with van der Waals surface area (Å²) in [6, 6.07) is 2.20. The molecule has 1 saturated heterocycles. The largest absolute Gasteiger partial charge is 0.373 e. The quantitative estimate of drug-likeness (QED) is 0.911. The van der Waals surface area contributed by atoms with Crippen LogP contribution in [0, 0.1) is 13.8 Å². The average Bonchev–Trinajstić information content (AvgIpc) is 2.95. The second-order valence-corrected chi connectivity index (χ2v) is 7.10. The molecular weight excluding hydrogens is 318 g/mol. The van der Waals surface area contributed by atoms with E-state index in [0.29, 0.717) is 17.8 Å². The molecule has 25 heavy (non-hydrogen) atoms. The molecule has 3 heterocycles. The van der Waals surface area contributed by atoms with Gasteiger partial charge in [0, 0.05) is 37.1 Å². The van der Waals surface area contributed by atoms with Crippen LogP contribution in [0.5, 0.6) is 0 Å². The number of fused-ring (bicyclic) bond motifs is 1. The highest BCUT2D eigenvalue weighted by Gasteiger charge is 2.26. The third-order valence-corrected chi connectivity index (χ3v) is 4.65. The van der Waals surface area contributed by atoms with Crippen LogP contribution < -0.4 is 5.32 Å². The van der Waals surface area contributed by atoms with E-state index in [0.717, 1.165) is 24.5 Å². The summed E-state index contributed by atoms with van der Waals surface area (Å²) in [7, 11) is 0. The lowest BCUT2D eigenvalue weighted by Crippen LogP contribution is -2.52. The smallest absolute Gasteiger partial charge is 0.256 e. The lowest BCUT2D eigenvalue weighted by atomic mass is 10.1. The average molecular weight is 345 g/mol. The van der Waals surface area contributed by atoms with Gasteiger partial charge in [-0.25, -0.2) is 9.50 Å². The van der Waals surface area contributed by atoms with Gasteiger partial charge in [0.05, 0.1) is 18.4 Å². The molecule has 136 valence electrons. The summed E-state index contributed by atoms with van der Waals surface area (Å²) >= 11 is 0. The van der Waals surface area contributed by atoms with Gasteiger partial charge >= 0.3 is 0 Å². The summed E-state index contributed by atoms with van der Waals surface area (Å²) in [6.45, 7) is 12.5. The van der Waals surface area contributed by atoms with Gasteiger partial charge in [0.1, 0.15) is 5.56 Å². The molecule has 3 atom stereocenters. The number of amides is 1. The summed E-state index contributed by atoms with van der Waals surface area (Å²) in [4.78, 5) is 19.4. The first-order valence-corrected chi connectivity index (χ1v) is 8.85. The Morgan fingerprint density at radius 3 is 2.72 bits per heavy atom. The van der Waals surface area contributed by atoms with Crippen LogP contribution in [-0.4, -0.2) is 63.3 Å². The van der Waals surface area contributed by atoms with Crippen molar-refractivity contribution in [1.82, 2.24) is 24.8 Å². The number of carbonyl (C=O) groups excluding carboxylic acids is 1. The van der Waals surface area contributed by atoms with Crippen LogP contribution >= 0.6 is 0 Å². The minimum atomic E-state index is -0.131. The number of ether oxygens (including phenoxy) is 1. The zero-order chi connectivity index (χ0) is 18.1. The van der Waals surface area contributed by atoms with E-state index >= 15 is 0 Å². The maximum atomic E-state index is 12.6.